The second kappa shape index (κ2) is 13.6. The van der Waals surface area contributed by atoms with E-state index in [0.717, 1.165) is 38.8 Å². The Morgan fingerprint density at radius 2 is 1.60 bits per heavy atom. The summed E-state index contributed by atoms with van der Waals surface area (Å²) in [6, 6.07) is 0.568. The fraction of sp³-hybridized carbons (Fsp3) is 0.750. The van der Waals surface area contributed by atoms with Crippen LogP contribution in [0.1, 0.15) is 31.0 Å². The van der Waals surface area contributed by atoms with Crippen LogP contribution in [0.4, 0.5) is 26.3 Å². The number of ether oxygens (including phenoxy) is 1. The number of hydrogen-bond donors (Lipinski definition) is 2. The maximum absolute atomic E-state index is 10.6. The third-order valence-electron chi connectivity index (χ3n) is 5.25. The third kappa shape index (κ3) is 11.7. The molecule has 2 N–H and O–H groups in total. The summed E-state index contributed by atoms with van der Waals surface area (Å²) in [7, 11) is 4.30. The quantitative estimate of drug-likeness (QED) is 0.571. The molecule has 2 aliphatic rings. The summed E-state index contributed by atoms with van der Waals surface area (Å²) in [5, 5.41) is 14.2. The minimum atomic E-state index is -5.08. The van der Waals surface area contributed by atoms with Gasteiger partial charge >= 0.3 is 24.3 Å². The topological polar surface area (TPSA) is 108 Å². The normalized spacial score (nSPS) is 19.2. The summed E-state index contributed by atoms with van der Waals surface area (Å²) in [4.78, 5) is 27.1. The van der Waals surface area contributed by atoms with Gasteiger partial charge in [-0.15, -0.1) is 0 Å². The number of alkyl halides is 6. The molecule has 9 nitrogen and oxygen atoms in total. The van der Waals surface area contributed by atoms with Gasteiger partial charge in [0.05, 0.1) is 12.0 Å². The first-order valence-corrected chi connectivity index (χ1v) is 10.7. The van der Waals surface area contributed by atoms with Crippen LogP contribution in [0.25, 0.3) is 0 Å². The monoisotopic (exact) mass is 520 g/mol. The van der Waals surface area contributed by atoms with Gasteiger partial charge < -0.3 is 24.4 Å². The first-order chi connectivity index (χ1) is 16.1. The molecular formula is C20H30F6N4O5. The van der Waals surface area contributed by atoms with Crippen molar-refractivity contribution in [3.8, 4) is 0 Å². The summed E-state index contributed by atoms with van der Waals surface area (Å²) in [6.07, 6.45) is -2.48. The van der Waals surface area contributed by atoms with Crippen LogP contribution in [0.5, 0.6) is 0 Å². The highest BCUT2D eigenvalue weighted by molar-refractivity contribution is 5.73. The highest BCUT2D eigenvalue weighted by Crippen LogP contribution is 2.26. The van der Waals surface area contributed by atoms with E-state index in [2.05, 4.69) is 33.4 Å². The van der Waals surface area contributed by atoms with Crippen LogP contribution < -0.4 is 0 Å². The first kappa shape index (κ1) is 30.6. The van der Waals surface area contributed by atoms with Crippen molar-refractivity contribution in [2.75, 3.05) is 46.9 Å². The van der Waals surface area contributed by atoms with Crippen LogP contribution in [-0.2, 0) is 20.9 Å². The maximum atomic E-state index is 10.6. The van der Waals surface area contributed by atoms with E-state index in [-0.39, 0.29) is 0 Å². The number of aromatic nitrogens is 2. The van der Waals surface area contributed by atoms with Gasteiger partial charge in [-0.25, -0.2) is 14.6 Å². The predicted octanol–water partition coefficient (Wildman–Crippen LogP) is 2.88. The molecule has 0 bridgehead atoms. The molecule has 35 heavy (non-hydrogen) atoms. The molecule has 3 heterocycles. The molecule has 0 saturated carbocycles. The number of aliphatic carboxylic acids is 2. The molecule has 202 valence electrons. The summed E-state index contributed by atoms with van der Waals surface area (Å²) in [5.74, 6) is -4.71. The van der Waals surface area contributed by atoms with Crippen molar-refractivity contribution in [3.63, 3.8) is 0 Å². The summed E-state index contributed by atoms with van der Waals surface area (Å²) in [5.41, 5.74) is 1.37. The first-order valence-electron chi connectivity index (χ1n) is 10.7. The average Bonchev–Trinajstić information content (AvgIpc) is 3.21. The van der Waals surface area contributed by atoms with E-state index in [1.54, 1.807) is 0 Å². The molecule has 1 saturated heterocycles. The van der Waals surface area contributed by atoms with Crippen molar-refractivity contribution in [3.05, 3.63) is 18.2 Å². The Kier molecular flexibility index (Phi) is 11.9. The van der Waals surface area contributed by atoms with Crippen molar-refractivity contribution < 1.29 is 50.9 Å². The Balaban J connectivity index is 0.000000362. The summed E-state index contributed by atoms with van der Waals surface area (Å²) in [6.45, 7) is 6.45. The largest absolute Gasteiger partial charge is 0.490 e. The molecule has 0 radical (unpaired) electrons. The smallest absolute Gasteiger partial charge is 0.475 e. The number of rotatable bonds is 5. The van der Waals surface area contributed by atoms with E-state index in [4.69, 9.17) is 24.5 Å². The number of imidazole rings is 1. The van der Waals surface area contributed by atoms with Crippen LogP contribution >= 0.6 is 0 Å². The molecule has 15 heteroatoms. The van der Waals surface area contributed by atoms with Crippen molar-refractivity contribution in [2.24, 2.45) is 5.92 Å². The molecule has 1 aromatic rings. The number of nitrogens with zero attached hydrogens (tertiary/aromatic N) is 4. The van der Waals surface area contributed by atoms with Gasteiger partial charge in [-0.2, -0.15) is 26.3 Å². The van der Waals surface area contributed by atoms with Crippen LogP contribution in [-0.4, -0.2) is 101 Å². The molecule has 1 fully saturated rings. The van der Waals surface area contributed by atoms with Gasteiger partial charge in [0, 0.05) is 45.1 Å². The average molecular weight is 520 g/mol. The standard InChI is InChI=1S/C16H28N4O.2C2HF3O2/c1-18(2)6-3-15-11-19(10-14-4-7-21-8-5-14)12-16-9-17-13-20(15)16;2*3-2(4,5)1(6)7/h9,13-15H,3-8,10-12H2,1-2H3;2*(H,6,7). The summed E-state index contributed by atoms with van der Waals surface area (Å²) >= 11 is 0. The molecule has 1 unspecified atom stereocenters. The number of fused-ring (bicyclic) bond motifs is 1. The maximum Gasteiger partial charge on any atom is 0.490 e. The van der Waals surface area contributed by atoms with Crippen LogP contribution in [0.2, 0.25) is 0 Å². The van der Waals surface area contributed by atoms with Gasteiger partial charge in [-0.05, 0) is 45.8 Å². The molecular weight excluding hydrogens is 490 g/mol. The molecule has 0 amide bonds. The van der Waals surface area contributed by atoms with Gasteiger partial charge in [-0.1, -0.05) is 0 Å². The lowest BCUT2D eigenvalue weighted by Gasteiger charge is -2.37. The highest BCUT2D eigenvalue weighted by atomic mass is 19.4. The molecule has 0 aliphatic carbocycles. The van der Waals surface area contributed by atoms with Gasteiger partial charge in [0.25, 0.3) is 0 Å². The van der Waals surface area contributed by atoms with Gasteiger partial charge in [0.15, 0.2) is 0 Å². The van der Waals surface area contributed by atoms with E-state index in [1.165, 1.54) is 31.5 Å². The Bertz CT molecular complexity index is 770. The number of hydrogen-bond acceptors (Lipinski definition) is 6. The SMILES string of the molecule is CN(C)CCC1CN(CC2CCOCC2)Cc2cncn21.O=C(O)C(F)(F)F.O=C(O)C(F)(F)F. The fourth-order valence-corrected chi connectivity index (χ4v) is 3.53. The van der Waals surface area contributed by atoms with Gasteiger partial charge in [-0.3, -0.25) is 4.90 Å². The number of halogens is 6. The molecule has 0 spiro atoms. The Morgan fingerprint density at radius 3 is 2.06 bits per heavy atom. The Morgan fingerprint density at radius 1 is 1.09 bits per heavy atom. The van der Waals surface area contributed by atoms with Crippen LogP contribution in [0, 0.1) is 5.92 Å². The van der Waals surface area contributed by atoms with E-state index < -0.39 is 24.3 Å². The zero-order valence-electron chi connectivity index (χ0n) is 19.3. The molecule has 3 rings (SSSR count). The second-order valence-electron chi connectivity index (χ2n) is 8.39. The van der Waals surface area contributed by atoms with Crippen molar-refractivity contribution >= 4 is 11.9 Å². The lowest BCUT2D eigenvalue weighted by Crippen LogP contribution is -2.41. The number of carboxylic acids is 2. The lowest BCUT2D eigenvalue weighted by molar-refractivity contribution is -0.193. The van der Waals surface area contributed by atoms with Gasteiger partial charge in [0.2, 0.25) is 0 Å². The molecule has 0 aromatic carbocycles. The van der Waals surface area contributed by atoms with Gasteiger partial charge in [0.1, 0.15) is 0 Å². The molecule has 2 aliphatic heterocycles. The van der Waals surface area contributed by atoms with Crippen LogP contribution in [0.15, 0.2) is 12.5 Å². The Labute approximate surface area is 198 Å². The fourth-order valence-electron chi connectivity index (χ4n) is 3.53. The van der Waals surface area contributed by atoms with Crippen LogP contribution in [0.3, 0.4) is 0 Å². The zero-order valence-corrected chi connectivity index (χ0v) is 19.3. The van der Waals surface area contributed by atoms with Crippen molar-refractivity contribution in [1.29, 1.82) is 0 Å². The minimum Gasteiger partial charge on any atom is -0.475 e. The van der Waals surface area contributed by atoms with Crippen molar-refractivity contribution in [2.45, 2.75) is 44.2 Å². The zero-order chi connectivity index (χ0) is 26.8. The minimum absolute atomic E-state index is 0.568. The number of carbonyl (C=O) groups is 2. The predicted molar refractivity (Wildman–Crippen MR) is 111 cm³/mol. The second-order valence-corrected chi connectivity index (χ2v) is 8.39. The summed E-state index contributed by atoms with van der Waals surface area (Å²) < 4.78 is 71.3. The van der Waals surface area contributed by atoms with E-state index in [1.807, 2.05) is 12.5 Å². The lowest BCUT2D eigenvalue weighted by atomic mass is 9.98. The molecule has 1 aromatic heterocycles. The van der Waals surface area contributed by atoms with Crippen molar-refractivity contribution in [1.82, 2.24) is 19.4 Å². The highest BCUT2D eigenvalue weighted by Gasteiger charge is 2.38. The number of carboxylic acid groups (broad SMARTS) is 2. The van der Waals surface area contributed by atoms with E-state index in [0.29, 0.717) is 6.04 Å². The third-order valence-corrected chi connectivity index (χ3v) is 5.25. The molecule has 1 atom stereocenters. The van der Waals surface area contributed by atoms with E-state index >= 15 is 0 Å². The van der Waals surface area contributed by atoms with E-state index in [9.17, 15) is 26.3 Å². The Hall–Kier alpha value is -2.39.